The smallest absolute Gasteiger partial charge is 0.275 e. The highest BCUT2D eigenvalue weighted by Crippen LogP contribution is 2.36. The molecule has 0 radical (unpaired) electrons. The van der Waals surface area contributed by atoms with Gasteiger partial charge in [-0.3, -0.25) is 9.89 Å². The zero-order valence-electron chi connectivity index (χ0n) is 11.5. The molecule has 1 amide bonds. The summed E-state index contributed by atoms with van der Waals surface area (Å²) in [5.41, 5.74) is 2.80. The Kier molecular flexibility index (Phi) is 2.86. The summed E-state index contributed by atoms with van der Waals surface area (Å²) < 4.78 is 5.69. The average Bonchev–Trinajstić information content (AvgIpc) is 3.00. The van der Waals surface area contributed by atoms with Crippen molar-refractivity contribution >= 4 is 11.7 Å². The monoisotopic (exact) mass is 292 g/mol. The van der Waals surface area contributed by atoms with Crippen LogP contribution in [0.1, 0.15) is 16.1 Å². The molecular weight excluding hydrogens is 280 g/mol. The van der Waals surface area contributed by atoms with Gasteiger partial charge in [-0.05, 0) is 24.3 Å². The van der Waals surface area contributed by atoms with Gasteiger partial charge in [-0.2, -0.15) is 5.10 Å². The Balaban J connectivity index is 1.69. The summed E-state index contributed by atoms with van der Waals surface area (Å²) in [6.45, 7) is 0.313. The van der Waals surface area contributed by atoms with E-state index in [2.05, 4.69) is 20.5 Å². The van der Waals surface area contributed by atoms with Crippen LogP contribution >= 0.6 is 0 Å². The van der Waals surface area contributed by atoms with Crippen LogP contribution in [0.3, 0.4) is 0 Å². The minimum absolute atomic E-state index is 0.282. The van der Waals surface area contributed by atoms with E-state index in [1.165, 1.54) is 0 Å². The minimum Gasteiger partial charge on any atom is -0.488 e. The molecule has 0 bridgehead atoms. The first-order valence-corrected chi connectivity index (χ1v) is 6.85. The molecule has 0 saturated carbocycles. The van der Waals surface area contributed by atoms with Crippen LogP contribution in [0.4, 0.5) is 5.82 Å². The molecule has 4 rings (SSSR count). The van der Waals surface area contributed by atoms with E-state index in [0.717, 1.165) is 22.6 Å². The molecule has 22 heavy (non-hydrogen) atoms. The number of H-pyrrole nitrogens is 1. The van der Waals surface area contributed by atoms with Crippen molar-refractivity contribution in [3.05, 3.63) is 59.9 Å². The third kappa shape index (κ3) is 2.01. The maximum absolute atomic E-state index is 12.4. The largest absolute Gasteiger partial charge is 0.488 e. The molecule has 0 fully saturated rings. The number of aromatic nitrogens is 3. The number of aromatic amines is 1. The molecule has 0 spiro atoms. The van der Waals surface area contributed by atoms with Gasteiger partial charge in [-0.15, -0.1) is 0 Å². The summed E-state index contributed by atoms with van der Waals surface area (Å²) in [6, 6.07) is 13.0. The number of para-hydroxylation sites is 1. The van der Waals surface area contributed by atoms with Crippen molar-refractivity contribution in [3.8, 4) is 17.0 Å². The maximum atomic E-state index is 12.4. The van der Waals surface area contributed by atoms with Gasteiger partial charge < -0.3 is 10.1 Å². The Morgan fingerprint density at radius 1 is 1.18 bits per heavy atom. The summed E-state index contributed by atoms with van der Waals surface area (Å²) in [4.78, 5) is 16.5. The predicted octanol–water partition coefficient (Wildman–Crippen LogP) is 2.62. The third-order valence-electron chi connectivity index (χ3n) is 3.51. The number of anilines is 1. The highest BCUT2D eigenvalue weighted by molar-refractivity contribution is 6.04. The zero-order valence-corrected chi connectivity index (χ0v) is 11.5. The third-order valence-corrected chi connectivity index (χ3v) is 3.51. The Morgan fingerprint density at radius 3 is 2.91 bits per heavy atom. The first-order valence-electron chi connectivity index (χ1n) is 6.85. The number of rotatable bonds is 2. The van der Waals surface area contributed by atoms with Gasteiger partial charge in [0.1, 0.15) is 29.6 Å². The molecule has 2 N–H and O–H groups in total. The quantitative estimate of drug-likeness (QED) is 0.761. The van der Waals surface area contributed by atoms with Crippen LogP contribution in [0.15, 0.2) is 48.7 Å². The number of benzene rings is 1. The lowest BCUT2D eigenvalue weighted by Gasteiger charge is -2.16. The number of carbonyl (C=O) groups is 1. The lowest BCUT2D eigenvalue weighted by molar-refractivity contribution is 0.101. The Morgan fingerprint density at radius 2 is 2.05 bits per heavy atom. The second kappa shape index (κ2) is 5.00. The molecule has 6 nitrogen and oxygen atoms in total. The van der Waals surface area contributed by atoms with Gasteiger partial charge in [0.05, 0.1) is 0 Å². The molecule has 0 saturated heterocycles. The number of carbonyl (C=O) groups excluding carboxylic acids is 1. The highest BCUT2D eigenvalue weighted by Gasteiger charge is 2.26. The van der Waals surface area contributed by atoms with Crippen LogP contribution in [-0.2, 0) is 6.61 Å². The fraction of sp³-hybridized carbons (Fsp3) is 0.0625. The first-order chi connectivity index (χ1) is 10.8. The molecule has 6 heteroatoms. The zero-order chi connectivity index (χ0) is 14.9. The highest BCUT2D eigenvalue weighted by atomic mass is 16.5. The van der Waals surface area contributed by atoms with Crippen molar-refractivity contribution in [2.75, 3.05) is 5.32 Å². The average molecular weight is 292 g/mol. The fourth-order valence-corrected chi connectivity index (χ4v) is 2.47. The number of ether oxygens (including phenoxy) is 1. The van der Waals surface area contributed by atoms with E-state index in [-0.39, 0.29) is 5.91 Å². The molecular formula is C16H12N4O2. The van der Waals surface area contributed by atoms with Crippen molar-refractivity contribution in [1.29, 1.82) is 0 Å². The topological polar surface area (TPSA) is 79.9 Å². The van der Waals surface area contributed by atoms with Gasteiger partial charge in [0.15, 0.2) is 0 Å². The number of amides is 1. The molecule has 0 atom stereocenters. The molecule has 3 aromatic rings. The van der Waals surface area contributed by atoms with Crippen LogP contribution in [-0.4, -0.2) is 21.1 Å². The molecule has 1 aromatic carbocycles. The second-order valence-electron chi connectivity index (χ2n) is 4.88. The Bertz CT molecular complexity index is 842. The molecule has 1 aliphatic heterocycles. The SMILES string of the molecule is O=C(Nc1ccccn1)c1[nH]nc2c1COc1ccccc1-2. The van der Waals surface area contributed by atoms with Crippen molar-refractivity contribution in [1.82, 2.24) is 15.2 Å². The second-order valence-corrected chi connectivity index (χ2v) is 4.88. The van der Waals surface area contributed by atoms with E-state index < -0.39 is 0 Å². The summed E-state index contributed by atoms with van der Waals surface area (Å²) in [5.74, 6) is 0.988. The van der Waals surface area contributed by atoms with Gasteiger partial charge in [-0.25, -0.2) is 4.98 Å². The lowest BCUT2D eigenvalue weighted by Crippen LogP contribution is -2.17. The number of pyridine rings is 1. The minimum atomic E-state index is -0.282. The molecule has 0 unspecified atom stereocenters. The Hall–Kier alpha value is -3.15. The van der Waals surface area contributed by atoms with Gasteiger partial charge >= 0.3 is 0 Å². The van der Waals surface area contributed by atoms with Crippen LogP contribution in [0.5, 0.6) is 5.75 Å². The van der Waals surface area contributed by atoms with Gasteiger partial charge in [0, 0.05) is 17.3 Å². The summed E-state index contributed by atoms with van der Waals surface area (Å²) in [6.07, 6.45) is 1.62. The van der Waals surface area contributed by atoms with E-state index >= 15 is 0 Å². The molecule has 1 aliphatic rings. The van der Waals surface area contributed by atoms with Gasteiger partial charge in [0.25, 0.3) is 5.91 Å². The molecule has 108 valence electrons. The maximum Gasteiger partial charge on any atom is 0.275 e. The fourth-order valence-electron chi connectivity index (χ4n) is 2.47. The van der Waals surface area contributed by atoms with E-state index in [1.807, 2.05) is 30.3 Å². The van der Waals surface area contributed by atoms with Crippen LogP contribution < -0.4 is 10.1 Å². The van der Waals surface area contributed by atoms with E-state index in [4.69, 9.17) is 4.74 Å². The van der Waals surface area contributed by atoms with Crippen LogP contribution in [0, 0.1) is 0 Å². The molecule has 2 aromatic heterocycles. The van der Waals surface area contributed by atoms with Crippen LogP contribution in [0.2, 0.25) is 0 Å². The Labute approximate surface area is 126 Å². The number of hydrogen-bond acceptors (Lipinski definition) is 4. The van der Waals surface area contributed by atoms with Crippen molar-refractivity contribution in [3.63, 3.8) is 0 Å². The molecule has 0 aliphatic carbocycles. The number of hydrogen-bond donors (Lipinski definition) is 2. The normalized spacial score (nSPS) is 12.0. The molecule has 3 heterocycles. The van der Waals surface area contributed by atoms with Crippen molar-refractivity contribution in [2.45, 2.75) is 6.61 Å². The van der Waals surface area contributed by atoms with Crippen molar-refractivity contribution in [2.24, 2.45) is 0 Å². The number of fused-ring (bicyclic) bond motifs is 3. The first kappa shape index (κ1) is 12.6. The van der Waals surface area contributed by atoms with Gasteiger partial charge in [-0.1, -0.05) is 18.2 Å². The number of nitrogens with one attached hydrogen (secondary N) is 2. The standard InChI is InChI=1S/C16H12N4O2/c21-16(18-13-7-3-4-8-17-13)15-11-9-22-12-6-2-1-5-10(12)14(11)19-20-15/h1-8H,9H2,(H,19,20)(H,17,18,21). The van der Waals surface area contributed by atoms with Crippen LogP contribution in [0.25, 0.3) is 11.3 Å². The van der Waals surface area contributed by atoms with E-state index in [1.54, 1.807) is 18.3 Å². The van der Waals surface area contributed by atoms with Crippen molar-refractivity contribution < 1.29 is 9.53 Å². The predicted molar refractivity (Wildman–Crippen MR) is 80.5 cm³/mol. The summed E-state index contributed by atoms with van der Waals surface area (Å²) >= 11 is 0. The summed E-state index contributed by atoms with van der Waals surface area (Å²) in [5, 5.41) is 9.82. The van der Waals surface area contributed by atoms with Gasteiger partial charge in [0.2, 0.25) is 0 Å². The lowest BCUT2D eigenvalue weighted by atomic mass is 10.0. The summed E-state index contributed by atoms with van der Waals surface area (Å²) in [7, 11) is 0. The number of nitrogens with zero attached hydrogens (tertiary/aromatic N) is 2. The van der Waals surface area contributed by atoms with E-state index in [0.29, 0.717) is 18.1 Å². The van der Waals surface area contributed by atoms with E-state index in [9.17, 15) is 4.79 Å².